The average Bonchev–Trinajstić information content (AvgIpc) is 2.36. The van der Waals surface area contributed by atoms with Crippen molar-refractivity contribution < 1.29 is 13.6 Å². The minimum atomic E-state index is -0.846. The standard InChI is InChI=1S/C13H16F2N2O/c1-9(18)17-7-5-10(6-8-17)16-12-4-2-3-11(14)13(12)15/h2-4,10,16H,5-8H2,1H3. The molecule has 0 saturated carbocycles. The molecule has 98 valence electrons. The maximum atomic E-state index is 13.5. The summed E-state index contributed by atoms with van der Waals surface area (Å²) in [6.45, 7) is 2.86. The minimum Gasteiger partial charge on any atom is -0.380 e. The zero-order valence-electron chi connectivity index (χ0n) is 10.2. The van der Waals surface area contributed by atoms with Crippen molar-refractivity contribution in [1.29, 1.82) is 0 Å². The summed E-state index contributed by atoms with van der Waals surface area (Å²) in [4.78, 5) is 12.9. The summed E-state index contributed by atoms with van der Waals surface area (Å²) in [6.07, 6.45) is 1.49. The van der Waals surface area contributed by atoms with Gasteiger partial charge < -0.3 is 10.2 Å². The third-order valence-corrected chi connectivity index (χ3v) is 3.25. The molecular formula is C13H16F2N2O. The molecule has 1 fully saturated rings. The summed E-state index contributed by atoms with van der Waals surface area (Å²) in [5.41, 5.74) is 0.191. The van der Waals surface area contributed by atoms with E-state index in [9.17, 15) is 13.6 Å². The highest BCUT2D eigenvalue weighted by molar-refractivity contribution is 5.73. The highest BCUT2D eigenvalue weighted by atomic mass is 19.2. The number of amides is 1. The lowest BCUT2D eigenvalue weighted by Crippen LogP contribution is -2.41. The fraction of sp³-hybridized carbons (Fsp3) is 0.462. The van der Waals surface area contributed by atoms with Crippen molar-refractivity contribution in [1.82, 2.24) is 4.90 Å². The van der Waals surface area contributed by atoms with Crippen LogP contribution < -0.4 is 5.32 Å². The molecule has 0 radical (unpaired) electrons. The second kappa shape index (κ2) is 5.33. The Labute approximate surface area is 105 Å². The normalized spacial score (nSPS) is 16.7. The smallest absolute Gasteiger partial charge is 0.219 e. The molecule has 5 heteroatoms. The monoisotopic (exact) mass is 254 g/mol. The van der Waals surface area contributed by atoms with Crippen molar-refractivity contribution in [2.75, 3.05) is 18.4 Å². The molecule has 0 aliphatic carbocycles. The highest BCUT2D eigenvalue weighted by Crippen LogP contribution is 2.21. The number of anilines is 1. The van der Waals surface area contributed by atoms with Crippen LogP contribution in [-0.2, 0) is 4.79 Å². The second-order valence-corrected chi connectivity index (χ2v) is 4.53. The molecule has 1 heterocycles. The van der Waals surface area contributed by atoms with Gasteiger partial charge in [0, 0.05) is 26.1 Å². The Kier molecular flexibility index (Phi) is 3.79. The van der Waals surface area contributed by atoms with Crippen molar-refractivity contribution >= 4 is 11.6 Å². The number of benzene rings is 1. The molecule has 0 unspecified atom stereocenters. The van der Waals surface area contributed by atoms with Gasteiger partial charge in [0.1, 0.15) is 0 Å². The molecule has 1 amide bonds. The topological polar surface area (TPSA) is 32.3 Å². The van der Waals surface area contributed by atoms with Gasteiger partial charge in [0.25, 0.3) is 0 Å². The first-order valence-corrected chi connectivity index (χ1v) is 6.04. The average molecular weight is 254 g/mol. The number of carbonyl (C=O) groups is 1. The molecule has 1 aliphatic rings. The van der Waals surface area contributed by atoms with Crippen LogP contribution in [0.3, 0.4) is 0 Å². The summed E-state index contributed by atoms with van der Waals surface area (Å²) in [7, 11) is 0. The maximum absolute atomic E-state index is 13.5. The van der Waals surface area contributed by atoms with Gasteiger partial charge in [-0.25, -0.2) is 8.78 Å². The summed E-state index contributed by atoms with van der Waals surface area (Å²) in [5.74, 6) is -1.63. The predicted molar refractivity (Wildman–Crippen MR) is 65.3 cm³/mol. The number of hydrogen-bond acceptors (Lipinski definition) is 2. The Morgan fingerprint density at radius 2 is 2.00 bits per heavy atom. The van der Waals surface area contributed by atoms with Gasteiger partial charge in [0.2, 0.25) is 5.91 Å². The van der Waals surface area contributed by atoms with E-state index in [2.05, 4.69) is 5.32 Å². The first-order valence-electron chi connectivity index (χ1n) is 6.04. The Hall–Kier alpha value is -1.65. The summed E-state index contributed by atoms with van der Waals surface area (Å²) in [6, 6.07) is 4.18. The number of nitrogens with zero attached hydrogens (tertiary/aromatic N) is 1. The number of hydrogen-bond donors (Lipinski definition) is 1. The SMILES string of the molecule is CC(=O)N1CCC(Nc2cccc(F)c2F)CC1. The fourth-order valence-corrected chi connectivity index (χ4v) is 2.17. The van der Waals surface area contributed by atoms with Crippen LogP contribution >= 0.6 is 0 Å². The predicted octanol–water partition coefficient (Wildman–Crippen LogP) is 2.39. The van der Waals surface area contributed by atoms with Gasteiger partial charge in [0.05, 0.1) is 5.69 Å². The zero-order valence-corrected chi connectivity index (χ0v) is 10.2. The van der Waals surface area contributed by atoms with E-state index in [0.29, 0.717) is 13.1 Å². The number of carbonyl (C=O) groups excluding carboxylic acids is 1. The van der Waals surface area contributed by atoms with Gasteiger partial charge in [-0.05, 0) is 25.0 Å². The van der Waals surface area contributed by atoms with Gasteiger partial charge in [-0.15, -0.1) is 0 Å². The van der Waals surface area contributed by atoms with Crippen LogP contribution in [0.25, 0.3) is 0 Å². The van der Waals surface area contributed by atoms with E-state index in [1.54, 1.807) is 11.8 Å². The molecule has 3 nitrogen and oxygen atoms in total. The molecule has 1 aromatic carbocycles. The van der Waals surface area contributed by atoms with E-state index in [1.807, 2.05) is 0 Å². The highest BCUT2D eigenvalue weighted by Gasteiger charge is 2.21. The quantitative estimate of drug-likeness (QED) is 0.879. The van der Waals surface area contributed by atoms with Crippen LogP contribution in [0.5, 0.6) is 0 Å². The summed E-state index contributed by atoms with van der Waals surface area (Å²) >= 11 is 0. The molecule has 2 rings (SSSR count). The molecule has 1 aliphatic heterocycles. The number of piperidine rings is 1. The van der Waals surface area contributed by atoms with Gasteiger partial charge in [0.15, 0.2) is 11.6 Å². The lowest BCUT2D eigenvalue weighted by atomic mass is 10.0. The lowest BCUT2D eigenvalue weighted by molar-refractivity contribution is -0.129. The van der Waals surface area contributed by atoms with E-state index < -0.39 is 11.6 Å². The van der Waals surface area contributed by atoms with E-state index in [1.165, 1.54) is 12.1 Å². The summed E-state index contributed by atoms with van der Waals surface area (Å²) in [5, 5.41) is 3.00. The number of likely N-dealkylation sites (tertiary alicyclic amines) is 1. The molecule has 0 bridgehead atoms. The van der Waals surface area contributed by atoms with Gasteiger partial charge in [-0.1, -0.05) is 6.07 Å². The first kappa shape index (κ1) is 12.8. The summed E-state index contributed by atoms with van der Waals surface area (Å²) < 4.78 is 26.5. The maximum Gasteiger partial charge on any atom is 0.219 e. The number of rotatable bonds is 2. The van der Waals surface area contributed by atoms with Crippen molar-refractivity contribution in [2.45, 2.75) is 25.8 Å². The van der Waals surface area contributed by atoms with Crippen LogP contribution in [-0.4, -0.2) is 29.9 Å². The first-order chi connectivity index (χ1) is 8.58. The molecule has 1 aromatic rings. The molecule has 18 heavy (non-hydrogen) atoms. The van der Waals surface area contributed by atoms with Crippen molar-refractivity contribution in [3.63, 3.8) is 0 Å². The van der Waals surface area contributed by atoms with Crippen molar-refractivity contribution in [2.24, 2.45) is 0 Å². The van der Waals surface area contributed by atoms with Crippen LogP contribution in [0.4, 0.5) is 14.5 Å². The van der Waals surface area contributed by atoms with Crippen LogP contribution in [0.2, 0.25) is 0 Å². The van der Waals surface area contributed by atoms with Gasteiger partial charge in [-0.3, -0.25) is 4.79 Å². The Morgan fingerprint density at radius 1 is 1.33 bits per heavy atom. The number of halogens is 2. The van der Waals surface area contributed by atoms with Crippen molar-refractivity contribution in [3.8, 4) is 0 Å². The minimum absolute atomic E-state index is 0.0605. The molecule has 0 aromatic heterocycles. The zero-order chi connectivity index (χ0) is 13.1. The second-order valence-electron chi connectivity index (χ2n) is 4.53. The number of nitrogens with one attached hydrogen (secondary N) is 1. The van der Waals surface area contributed by atoms with Crippen LogP contribution in [0, 0.1) is 11.6 Å². The third kappa shape index (κ3) is 2.78. The lowest BCUT2D eigenvalue weighted by Gasteiger charge is -2.32. The van der Waals surface area contributed by atoms with E-state index >= 15 is 0 Å². The fourth-order valence-electron chi connectivity index (χ4n) is 2.17. The van der Waals surface area contributed by atoms with Gasteiger partial charge in [-0.2, -0.15) is 0 Å². The molecular weight excluding hydrogens is 238 g/mol. The molecule has 1 saturated heterocycles. The largest absolute Gasteiger partial charge is 0.380 e. The Balaban J connectivity index is 1.96. The Bertz CT molecular complexity index is 443. The van der Waals surface area contributed by atoms with Crippen LogP contribution in [0.1, 0.15) is 19.8 Å². The Morgan fingerprint density at radius 3 is 2.61 bits per heavy atom. The van der Waals surface area contributed by atoms with E-state index in [-0.39, 0.29) is 17.6 Å². The van der Waals surface area contributed by atoms with Crippen LogP contribution in [0.15, 0.2) is 18.2 Å². The molecule has 0 atom stereocenters. The van der Waals surface area contributed by atoms with E-state index in [0.717, 1.165) is 18.9 Å². The third-order valence-electron chi connectivity index (χ3n) is 3.25. The van der Waals surface area contributed by atoms with Gasteiger partial charge >= 0.3 is 0 Å². The molecule has 0 spiro atoms. The van der Waals surface area contributed by atoms with Crippen molar-refractivity contribution in [3.05, 3.63) is 29.8 Å². The molecule has 1 N–H and O–H groups in total. The van der Waals surface area contributed by atoms with E-state index in [4.69, 9.17) is 0 Å².